The summed E-state index contributed by atoms with van der Waals surface area (Å²) in [5.41, 5.74) is 3.41. The fraction of sp³-hybridized carbons (Fsp3) is 0.500. The predicted octanol–water partition coefficient (Wildman–Crippen LogP) is 6.56. The number of aryl methyl sites for hydroxylation is 1. The molecule has 0 aliphatic heterocycles. The van der Waals surface area contributed by atoms with E-state index in [1.165, 1.54) is 7.11 Å². The van der Waals surface area contributed by atoms with E-state index in [-0.39, 0.29) is 18.0 Å². The molecule has 1 saturated carbocycles. The highest BCUT2D eigenvalue weighted by Crippen LogP contribution is 2.41. The SMILES string of the molecule is C=CCCCCN(C)C(=O)C1CC(Oc2cc(-c3nc(C(C)C)cs3)nc3c(C)c(OC)ccc23)CC1C(=O)OC. The number of allylic oxidation sites excluding steroid dienone is 1. The highest BCUT2D eigenvalue weighted by Gasteiger charge is 2.45. The van der Waals surface area contributed by atoms with Crippen molar-refractivity contribution in [3.63, 3.8) is 0 Å². The quantitative estimate of drug-likeness (QED) is 0.136. The van der Waals surface area contributed by atoms with Crippen molar-refractivity contribution in [2.75, 3.05) is 27.8 Å². The Labute approximate surface area is 246 Å². The van der Waals surface area contributed by atoms with Crippen LogP contribution < -0.4 is 9.47 Å². The van der Waals surface area contributed by atoms with Crippen LogP contribution >= 0.6 is 11.3 Å². The molecule has 0 spiro atoms. The van der Waals surface area contributed by atoms with Gasteiger partial charge in [-0.25, -0.2) is 9.97 Å². The number of ether oxygens (including phenoxy) is 3. The van der Waals surface area contributed by atoms with Crippen LogP contribution in [0.15, 0.2) is 36.2 Å². The molecule has 3 aromatic rings. The van der Waals surface area contributed by atoms with Crippen LogP contribution in [-0.4, -0.2) is 60.7 Å². The van der Waals surface area contributed by atoms with Crippen molar-refractivity contribution in [1.82, 2.24) is 14.9 Å². The molecule has 0 radical (unpaired) electrons. The molecule has 1 aliphatic carbocycles. The largest absolute Gasteiger partial charge is 0.496 e. The van der Waals surface area contributed by atoms with E-state index in [2.05, 4.69) is 25.8 Å². The number of rotatable bonds is 12. The standard InChI is InChI=1S/C32H41N3O5S/c1-8-9-10-11-14-35(5)31(36)23-15-21(16-24(23)32(37)39-7)40-28-17-25(30-34-26(18-41-30)19(2)3)33-29-20(4)27(38-6)13-12-22(28)29/h8,12-13,17-19,21,23-24H,1,9-11,14-16H2,2-7H3. The van der Waals surface area contributed by atoms with Gasteiger partial charge in [-0.1, -0.05) is 19.9 Å². The number of hydrogen-bond donors (Lipinski definition) is 0. The Morgan fingerprint density at radius 1 is 1.15 bits per heavy atom. The molecule has 1 aliphatic rings. The summed E-state index contributed by atoms with van der Waals surface area (Å²) in [6, 6.07) is 5.78. The van der Waals surface area contributed by atoms with E-state index in [9.17, 15) is 9.59 Å². The normalized spacial score (nSPS) is 18.5. The zero-order valence-corrected chi connectivity index (χ0v) is 25.8. The Morgan fingerprint density at radius 2 is 1.90 bits per heavy atom. The molecule has 8 nitrogen and oxygen atoms in total. The number of aromatic nitrogens is 2. The number of unbranched alkanes of at least 4 members (excludes halogenated alkanes) is 2. The Balaban J connectivity index is 1.66. The fourth-order valence-electron chi connectivity index (χ4n) is 5.46. The van der Waals surface area contributed by atoms with Crippen LogP contribution in [0.5, 0.6) is 11.5 Å². The number of nitrogens with zero attached hydrogens (tertiary/aromatic N) is 3. The third kappa shape index (κ3) is 6.72. The lowest BCUT2D eigenvalue weighted by atomic mass is 9.94. The molecule has 0 saturated heterocycles. The van der Waals surface area contributed by atoms with Crippen molar-refractivity contribution in [3.8, 4) is 22.2 Å². The maximum absolute atomic E-state index is 13.5. The van der Waals surface area contributed by atoms with Gasteiger partial charge in [-0.15, -0.1) is 17.9 Å². The third-order valence-corrected chi connectivity index (χ3v) is 8.74. The Morgan fingerprint density at radius 3 is 2.56 bits per heavy atom. The average Bonchev–Trinajstić information content (AvgIpc) is 3.63. The second-order valence-corrected chi connectivity index (χ2v) is 11.9. The van der Waals surface area contributed by atoms with Crippen molar-refractivity contribution >= 4 is 34.1 Å². The van der Waals surface area contributed by atoms with Gasteiger partial charge in [0.2, 0.25) is 5.91 Å². The molecule has 0 N–H and O–H groups in total. The summed E-state index contributed by atoms with van der Waals surface area (Å²) in [7, 11) is 4.82. The lowest BCUT2D eigenvalue weighted by Crippen LogP contribution is -2.37. The van der Waals surface area contributed by atoms with Crippen LogP contribution in [0.4, 0.5) is 0 Å². The summed E-state index contributed by atoms with van der Waals surface area (Å²) < 4.78 is 17.3. The van der Waals surface area contributed by atoms with Gasteiger partial charge in [0.25, 0.3) is 0 Å². The van der Waals surface area contributed by atoms with Gasteiger partial charge in [-0.2, -0.15) is 0 Å². The van der Waals surface area contributed by atoms with Gasteiger partial charge in [0.1, 0.15) is 28.3 Å². The van der Waals surface area contributed by atoms with E-state index < -0.39 is 11.8 Å². The van der Waals surface area contributed by atoms with Crippen LogP contribution in [0.2, 0.25) is 0 Å². The number of pyridine rings is 1. The molecular weight excluding hydrogens is 538 g/mol. The summed E-state index contributed by atoms with van der Waals surface area (Å²) in [5.74, 6) is 0.213. The minimum atomic E-state index is -0.560. The minimum absolute atomic E-state index is 0.0463. The first kappa shape index (κ1) is 30.5. The predicted molar refractivity (Wildman–Crippen MR) is 163 cm³/mol. The molecule has 1 fully saturated rings. The molecule has 3 atom stereocenters. The van der Waals surface area contributed by atoms with E-state index in [1.807, 2.05) is 31.2 Å². The summed E-state index contributed by atoms with van der Waals surface area (Å²) in [4.78, 5) is 37.8. The molecule has 4 rings (SSSR count). The van der Waals surface area contributed by atoms with Crippen LogP contribution in [0.25, 0.3) is 21.6 Å². The van der Waals surface area contributed by atoms with E-state index in [4.69, 9.17) is 24.2 Å². The van der Waals surface area contributed by atoms with Gasteiger partial charge in [-0.05, 0) is 57.1 Å². The van der Waals surface area contributed by atoms with Crippen LogP contribution in [0, 0.1) is 18.8 Å². The molecule has 2 heterocycles. The molecular formula is C32H41N3O5S. The van der Waals surface area contributed by atoms with Gasteiger partial charge in [0, 0.05) is 36.0 Å². The van der Waals surface area contributed by atoms with Gasteiger partial charge in [0.15, 0.2) is 0 Å². The zero-order valence-electron chi connectivity index (χ0n) is 24.9. The number of hydrogen-bond acceptors (Lipinski definition) is 8. The maximum atomic E-state index is 13.5. The molecule has 9 heteroatoms. The van der Waals surface area contributed by atoms with Gasteiger partial charge in [-0.3, -0.25) is 9.59 Å². The lowest BCUT2D eigenvalue weighted by molar-refractivity contribution is -0.151. The van der Waals surface area contributed by atoms with Gasteiger partial charge >= 0.3 is 5.97 Å². The van der Waals surface area contributed by atoms with Crippen LogP contribution in [0.3, 0.4) is 0 Å². The van der Waals surface area contributed by atoms with Crippen molar-refractivity contribution in [1.29, 1.82) is 0 Å². The second-order valence-electron chi connectivity index (χ2n) is 11.0. The van der Waals surface area contributed by atoms with E-state index in [0.717, 1.165) is 57.9 Å². The first-order valence-electron chi connectivity index (χ1n) is 14.2. The number of amides is 1. The van der Waals surface area contributed by atoms with Gasteiger partial charge in [0.05, 0.1) is 37.3 Å². The van der Waals surface area contributed by atoms with E-state index >= 15 is 0 Å². The van der Waals surface area contributed by atoms with Crippen molar-refractivity contribution in [2.45, 2.75) is 64.9 Å². The third-order valence-electron chi connectivity index (χ3n) is 7.86. The van der Waals surface area contributed by atoms with E-state index in [0.29, 0.717) is 31.1 Å². The second kappa shape index (κ2) is 13.5. The number of methoxy groups -OCH3 is 2. The molecule has 41 heavy (non-hydrogen) atoms. The summed E-state index contributed by atoms with van der Waals surface area (Å²) in [6.07, 6.45) is 5.14. The molecule has 220 valence electrons. The minimum Gasteiger partial charge on any atom is -0.496 e. The molecule has 3 unspecified atom stereocenters. The maximum Gasteiger partial charge on any atom is 0.309 e. The van der Waals surface area contributed by atoms with Crippen molar-refractivity contribution in [3.05, 3.63) is 47.5 Å². The Hall–Kier alpha value is -3.46. The summed E-state index contributed by atoms with van der Waals surface area (Å²) in [6.45, 7) is 10.6. The first-order valence-corrected chi connectivity index (χ1v) is 15.1. The van der Waals surface area contributed by atoms with E-state index in [1.54, 1.807) is 30.4 Å². The lowest BCUT2D eigenvalue weighted by Gasteiger charge is -2.24. The van der Waals surface area contributed by atoms with Gasteiger partial charge < -0.3 is 19.1 Å². The van der Waals surface area contributed by atoms with Crippen molar-refractivity contribution in [2.24, 2.45) is 11.8 Å². The molecule has 1 aromatic carbocycles. The number of fused-ring (bicyclic) bond motifs is 1. The molecule has 0 bridgehead atoms. The average molecular weight is 580 g/mol. The fourth-order valence-corrected chi connectivity index (χ4v) is 6.40. The number of carbonyl (C=O) groups is 2. The molecule has 2 aromatic heterocycles. The monoisotopic (exact) mass is 579 g/mol. The van der Waals surface area contributed by atoms with Crippen molar-refractivity contribution < 1.29 is 23.8 Å². The number of benzene rings is 1. The summed E-state index contributed by atoms with van der Waals surface area (Å²) >= 11 is 1.55. The smallest absolute Gasteiger partial charge is 0.309 e. The van der Waals surface area contributed by atoms with Crippen LogP contribution in [0.1, 0.15) is 63.1 Å². The highest BCUT2D eigenvalue weighted by molar-refractivity contribution is 7.13. The number of carbonyl (C=O) groups excluding carboxylic acids is 2. The topological polar surface area (TPSA) is 90.9 Å². The Kier molecular flexibility index (Phi) is 10.0. The highest BCUT2D eigenvalue weighted by atomic mass is 32.1. The first-order chi connectivity index (χ1) is 19.7. The zero-order chi connectivity index (χ0) is 29.7. The Bertz CT molecular complexity index is 1400. The number of thiazole rings is 1. The van der Waals surface area contributed by atoms with Crippen LogP contribution in [-0.2, 0) is 14.3 Å². The number of esters is 1. The molecule has 1 amide bonds. The summed E-state index contributed by atoms with van der Waals surface area (Å²) in [5, 5.41) is 3.72.